The van der Waals surface area contributed by atoms with E-state index in [2.05, 4.69) is 10.6 Å². The van der Waals surface area contributed by atoms with Crippen LogP contribution in [0.2, 0.25) is 0 Å². The van der Waals surface area contributed by atoms with E-state index < -0.39 is 5.92 Å². The second kappa shape index (κ2) is 9.02. The summed E-state index contributed by atoms with van der Waals surface area (Å²) < 4.78 is 20.2. The topological polar surface area (TPSA) is 70.7 Å². The molecule has 0 aromatic heterocycles. The number of hydrogen-bond acceptors (Lipinski definition) is 4. The zero-order chi connectivity index (χ0) is 20.5. The van der Waals surface area contributed by atoms with Crippen LogP contribution >= 0.6 is 12.4 Å². The third-order valence-corrected chi connectivity index (χ3v) is 5.59. The number of rotatable bonds is 4. The zero-order valence-corrected chi connectivity index (χ0v) is 17.8. The fourth-order valence-corrected chi connectivity index (χ4v) is 3.99. The van der Waals surface area contributed by atoms with Crippen molar-refractivity contribution in [2.75, 3.05) is 30.4 Å². The minimum Gasteiger partial charge on any atom is -0.495 e. The molecule has 0 saturated carbocycles. The standard InChI is InChI=1S/C22H24FN3O3.ClH/c1-13-3-6-19(29-2)18(9-13)26-12-15(10-20(26)27)22(28)25-17-5-4-14-11-24-8-7-16(14)21(17)23;/h3-6,9,15,24H,7-8,10-12H2,1-2H3,(H,25,28);1H. The molecule has 2 N–H and O–H groups in total. The molecule has 160 valence electrons. The lowest BCUT2D eigenvalue weighted by Gasteiger charge is -2.21. The van der Waals surface area contributed by atoms with Gasteiger partial charge in [0.1, 0.15) is 11.6 Å². The largest absolute Gasteiger partial charge is 0.495 e. The van der Waals surface area contributed by atoms with Crippen LogP contribution in [0.3, 0.4) is 0 Å². The van der Waals surface area contributed by atoms with E-state index in [0.717, 1.165) is 11.1 Å². The first kappa shape index (κ1) is 22.1. The lowest BCUT2D eigenvalue weighted by molar-refractivity contribution is -0.122. The summed E-state index contributed by atoms with van der Waals surface area (Å²) in [6, 6.07) is 9.01. The highest BCUT2D eigenvalue weighted by atomic mass is 35.5. The quantitative estimate of drug-likeness (QED) is 0.776. The highest BCUT2D eigenvalue weighted by Gasteiger charge is 2.36. The number of anilines is 2. The Labute approximate surface area is 181 Å². The fourth-order valence-electron chi connectivity index (χ4n) is 3.99. The van der Waals surface area contributed by atoms with Crippen molar-refractivity contribution in [2.45, 2.75) is 26.3 Å². The number of halogens is 2. The molecular formula is C22H25ClFN3O3. The first-order chi connectivity index (χ1) is 14.0. The molecule has 1 saturated heterocycles. The van der Waals surface area contributed by atoms with E-state index in [1.165, 1.54) is 0 Å². The van der Waals surface area contributed by atoms with Crippen molar-refractivity contribution in [3.63, 3.8) is 0 Å². The van der Waals surface area contributed by atoms with Crippen molar-refractivity contribution in [1.82, 2.24) is 5.32 Å². The Morgan fingerprint density at radius 1 is 1.30 bits per heavy atom. The van der Waals surface area contributed by atoms with Gasteiger partial charge in [0.25, 0.3) is 0 Å². The highest BCUT2D eigenvalue weighted by molar-refractivity contribution is 6.04. The zero-order valence-electron chi connectivity index (χ0n) is 17.0. The Hall–Kier alpha value is -2.64. The van der Waals surface area contributed by atoms with E-state index >= 15 is 0 Å². The maximum absolute atomic E-state index is 14.8. The number of nitrogens with zero attached hydrogens (tertiary/aromatic N) is 1. The molecular weight excluding hydrogens is 409 g/mol. The van der Waals surface area contributed by atoms with Crippen LogP contribution in [0.4, 0.5) is 15.8 Å². The van der Waals surface area contributed by atoms with Gasteiger partial charge in [-0.05, 0) is 54.8 Å². The fraction of sp³-hybridized carbons (Fsp3) is 0.364. The molecule has 1 fully saturated rings. The summed E-state index contributed by atoms with van der Waals surface area (Å²) in [6.07, 6.45) is 0.674. The molecule has 0 spiro atoms. The number of methoxy groups -OCH3 is 1. The second-order valence-corrected chi connectivity index (χ2v) is 7.56. The van der Waals surface area contributed by atoms with Crippen LogP contribution in [0.5, 0.6) is 5.75 Å². The molecule has 2 amide bonds. The van der Waals surface area contributed by atoms with Gasteiger partial charge in [-0.2, -0.15) is 0 Å². The van der Waals surface area contributed by atoms with E-state index in [9.17, 15) is 14.0 Å². The van der Waals surface area contributed by atoms with Gasteiger partial charge in [0.05, 0.1) is 24.4 Å². The molecule has 0 bridgehead atoms. The number of hydrogen-bond donors (Lipinski definition) is 2. The minimum atomic E-state index is -0.551. The molecule has 2 aromatic rings. The molecule has 0 aliphatic carbocycles. The molecule has 2 aliphatic heterocycles. The van der Waals surface area contributed by atoms with Gasteiger partial charge in [0.15, 0.2) is 0 Å². The minimum absolute atomic E-state index is 0. The van der Waals surface area contributed by atoms with Gasteiger partial charge in [-0.3, -0.25) is 9.59 Å². The molecule has 0 radical (unpaired) electrons. The van der Waals surface area contributed by atoms with Crippen molar-refractivity contribution in [3.8, 4) is 5.75 Å². The number of aryl methyl sites for hydroxylation is 1. The molecule has 1 unspecified atom stereocenters. The monoisotopic (exact) mass is 433 g/mol. The maximum atomic E-state index is 14.8. The Bertz CT molecular complexity index is 982. The van der Waals surface area contributed by atoms with Crippen molar-refractivity contribution < 1.29 is 18.7 Å². The smallest absolute Gasteiger partial charge is 0.229 e. The normalized spacial score (nSPS) is 17.9. The maximum Gasteiger partial charge on any atom is 0.229 e. The Kier molecular flexibility index (Phi) is 6.63. The van der Waals surface area contributed by atoms with Crippen molar-refractivity contribution in [1.29, 1.82) is 0 Å². The molecule has 6 nitrogen and oxygen atoms in total. The summed E-state index contributed by atoms with van der Waals surface area (Å²) in [5.74, 6) is -0.839. The van der Waals surface area contributed by atoms with Crippen LogP contribution in [-0.4, -0.2) is 32.0 Å². The number of amides is 2. The lowest BCUT2D eigenvalue weighted by atomic mass is 9.99. The van der Waals surface area contributed by atoms with Gasteiger partial charge >= 0.3 is 0 Å². The number of carbonyl (C=O) groups excluding carboxylic acids is 2. The molecule has 2 heterocycles. The SMILES string of the molecule is COc1ccc(C)cc1N1CC(C(=O)Nc2ccc3c(c2F)CCNC3)CC1=O.Cl. The summed E-state index contributed by atoms with van der Waals surface area (Å²) in [7, 11) is 1.55. The Morgan fingerprint density at radius 2 is 2.10 bits per heavy atom. The molecule has 2 aromatic carbocycles. The molecule has 2 aliphatic rings. The van der Waals surface area contributed by atoms with E-state index in [1.807, 2.05) is 31.2 Å². The number of fused-ring (bicyclic) bond motifs is 1. The van der Waals surface area contributed by atoms with Gasteiger partial charge in [0, 0.05) is 19.5 Å². The molecule has 1 atom stereocenters. The van der Waals surface area contributed by atoms with E-state index in [0.29, 0.717) is 36.5 Å². The van der Waals surface area contributed by atoms with E-state index in [4.69, 9.17) is 4.74 Å². The summed E-state index contributed by atoms with van der Waals surface area (Å²) in [5.41, 5.74) is 3.39. The number of carbonyl (C=O) groups is 2. The highest BCUT2D eigenvalue weighted by Crippen LogP contribution is 2.34. The number of nitrogens with one attached hydrogen (secondary N) is 2. The molecule has 30 heavy (non-hydrogen) atoms. The summed E-state index contributed by atoms with van der Waals surface area (Å²) >= 11 is 0. The summed E-state index contributed by atoms with van der Waals surface area (Å²) in [5, 5.41) is 5.89. The summed E-state index contributed by atoms with van der Waals surface area (Å²) in [4.78, 5) is 26.9. The number of ether oxygens (including phenoxy) is 1. The van der Waals surface area contributed by atoms with Crippen LogP contribution in [0.25, 0.3) is 0 Å². The van der Waals surface area contributed by atoms with Gasteiger partial charge in [-0.25, -0.2) is 4.39 Å². The third kappa shape index (κ3) is 4.13. The average molecular weight is 434 g/mol. The van der Waals surface area contributed by atoms with Crippen molar-refractivity contribution in [3.05, 3.63) is 52.8 Å². The van der Waals surface area contributed by atoms with Crippen LogP contribution in [-0.2, 0) is 22.6 Å². The lowest BCUT2D eigenvalue weighted by Crippen LogP contribution is -2.29. The van der Waals surface area contributed by atoms with Gasteiger partial charge in [0.2, 0.25) is 11.8 Å². The van der Waals surface area contributed by atoms with E-state index in [-0.39, 0.29) is 48.7 Å². The molecule has 4 rings (SSSR count). The predicted molar refractivity (Wildman–Crippen MR) is 116 cm³/mol. The summed E-state index contributed by atoms with van der Waals surface area (Å²) in [6.45, 7) is 3.51. The van der Waals surface area contributed by atoms with Crippen LogP contribution in [0, 0.1) is 18.7 Å². The van der Waals surface area contributed by atoms with E-state index in [1.54, 1.807) is 18.1 Å². The van der Waals surface area contributed by atoms with Crippen molar-refractivity contribution >= 4 is 35.6 Å². The second-order valence-electron chi connectivity index (χ2n) is 7.56. The Balaban J connectivity index is 0.00000256. The molecule has 8 heteroatoms. The Morgan fingerprint density at radius 3 is 2.87 bits per heavy atom. The van der Waals surface area contributed by atoms with Crippen LogP contribution in [0.1, 0.15) is 23.1 Å². The first-order valence-corrected chi connectivity index (χ1v) is 9.74. The van der Waals surface area contributed by atoms with Gasteiger partial charge < -0.3 is 20.3 Å². The van der Waals surface area contributed by atoms with Gasteiger partial charge in [-0.15, -0.1) is 12.4 Å². The number of benzene rings is 2. The third-order valence-electron chi connectivity index (χ3n) is 5.59. The first-order valence-electron chi connectivity index (χ1n) is 9.74. The van der Waals surface area contributed by atoms with Crippen LogP contribution in [0.15, 0.2) is 30.3 Å². The average Bonchev–Trinajstić information content (AvgIpc) is 3.12. The van der Waals surface area contributed by atoms with Crippen molar-refractivity contribution in [2.24, 2.45) is 5.92 Å². The predicted octanol–water partition coefficient (Wildman–Crippen LogP) is 3.20. The van der Waals surface area contributed by atoms with Gasteiger partial charge in [-0.1, -0.05) is 12.1 Å². The van der Waals surface area contributed by atoms with Crippen LogP contribution < -0.4 is 20.3 Å².